The van der Waals surface area contributed by atoms with Crippen LogP contribution in [0.4, 0.5) is 5.13 Å². The summed E-state index contributed by atoms with van der Waals surface area (Å²) in [5, 5.41) is 4.52. The molecule has 4 heteroatoms. The molecule has 2 heterocycles. The molecule has 1 aliphatic rings. The molecule has 1 aliphatic heterocycles. The predicted octanol–water partition coefficient (Wildman–Crippen LogP) is 3.36. The Bertz CT molecular complexity index is 402. The van der Waals surface area contributed by atoms with Gasteiger partial charge in [-0.3, -0.25) is 0 Å². The molecule has 3 unspecified atom stereocenters. The molecule has 3 atom stereocenters. The Morgan fingerprint density at radius 3 is 2.78 bits per heavy atom. The number of nitrogens with one attached hydrogen (secondary N) is 1. The van der Waals surface area contributed by atoms with Crippen LogP contribution in [0.25, 0.3) is 0 Å². The molecular formula is C14H25N3S. The third kappa shape index (κ3) is 2.69. The van der Waals surface area contributed by atoms with E-state index < -0.39 is 0 Å². The Kier molecular flexibility index (Phi) is 4.28. The summed E-state index contributed by atoms with van der Waals surface area (Å²) in [7, 11) is 2.01. The Hall–Kier alpha value is -0.610. The van der Waals surface area contributed by atoms with Gasteiger partial charge >= 0.3 is 0 Å². The number of hydrogen-bond donors (Lipinski definition) is 1. The van der Waals surface area contributed by atoms with Crippen LogP contribution < -0.4 is 10.2 Å². The minimum Gasteiger partial charge on any atom is -0.345 e. The van der Waals surface area contributed by atoms with Gasteiger partial charge in [0.2, 0.25) is 0 Å². The van der Waals surface area contributed by atoms with E-state index in [9.17, 15) is 0 Å². The van der Waals surface area contributed by atoms with Crippen LogP contribution in [0.1, 0.15) is 50.2 Å². The van der Waals surface area contributed by atoms with Gasteiger partial charge in [0.15, 0.2) is 5.13 Å². The first-order chi connectivity index (χ1) is 8.52. The van der Waals surface area contributed by atoms with Crippen LogP contribution >= 0.6 is 11.3 Å². The molecule has 1 aromatic rings. The molecule has 1 aromatic heterocycles. The van der Waals surface area contributed by atoms with E-state index in [-0.39, 0.29) is 0 Å². The highest BCUT2D eigenvalue weighted by Crippen LogP contribution is 2.34. The van der Waals surface area contributed by atoms with Crippen molar-refractivity contribution in [1.82, 2.24) is 10.3 Å². The van der Waals surface area contributed by atoms with Gasteiger partial charge in [-0.25, -0.2) is 4.98 Å². The molecule has 0 aromatic carbocycles. The van der Waals surface area contributed by atoms with Crippen molar-refractivity contribution in [2.75, 3.05) is 18.5 Å². The van der Waals surface area contributed by atoms with Crippen molar-refractivity contribution < 1.29 is 0 Å². The minimum atomic E-state index is 0.397. The number of hydrogen-bond acceptors (Lipinski definition) is 4. The molecule has 102 valence electrons. The molecule has 0 saturated carbocycles. The summed E-state index contributed by atoms with van der Waals surface area (Å²) < 4.78 is 0. The van der Waals surface area contributed by atoms with Gasteiger partial charge in [0.05, 0.1) is 5.69 Å². The van der Waals surface area contributed by atoms with E-state index in [0.717, 1.165) is 12.5 Å². The molecule has 2 rings (SSSR count). The van der Waals surface area contributed by atoms with Crippen molar-refractivity contribution in [3.63, 3.8) is 0 Å². The van der Waals surface area contributed by atoms with Crippen molar-refractivity contribution in [2.24, 2.45) is 5.92 Å². The maximum atomic E-state index is 4.79. The Labute approximate surface area is 115 Å². The fourth-order valence-electron chi connectivity index (χ4n) is 2.60. The van der Waals surface area contributed by atoms with Crippen molar-refractivity contribution in [2.45, 2.75) is 52.6 Å². The summed E-state index contributed by atoms with van der Waals surface area (Å²) in [6.07, 6.45) is 2.64. The molecule has 1 saturated heterocycles. The molecule has 3 nitrogen and oxygen atoms in total. The van der Waals surface area contributed by atoms with Crippen molar-refractivity contribution >= 4 is 16.5 Å². The number of nitrogens with zero attached hydrogens (tertiary/aromatic N) is 2. The molecule has 0 amide bonds. The lowest BCUT2D eigenvalue weighted by atomic mass is 9.96. The van der Waals surface area contributed by atoms with Crippen molar-refractivity contribution in [3.8, 4) is 0 Å². The van der Waals surface area contributed by atoms with Gasteiger partial charge in [-0.2, -0.15) is 0 Å². The van der Waals surface area contributed by atoms with Gasteiger partial charge in [-0.1, -0.05) is 6.92 Å². The average Bonchev–Trinajstić information content (AvgIpc) is 2.73. The highest BCUT2D eigenvalue weighted by Gasteiger charge is 2.26. The van der Waals surface area contributed by atoms with E-state index in [1.54, 1.807) is 0 Å². The fraction of sp³-hybridized carbons (Fsp3) is 0.786. The van der Waals surface area contributed by atoms with Gasteiger partial charge in [-0.15, -0.1) is 11.3 Å². The topological polar surface area (TPSA) is 28.2 Å². The number of thiazole rings is 1. The monoisotopic (exact) mass is 267 g/mol. The number of aromatic nitrogens is 1. The third-order valence-electron chi connectivity index (χ3n) is 4.01. The summed E-state index contributed by atoms with van der Waals surface area (Å²) in [6, 6.07) is 1.03. The van der Waals surface area contributed by atoms with Gasteiger partial charge in [-0.05, 0) is 46.6 Å². The normalized spacial score (nSPS) is 26.4. The minimum absolute atomic E-state index is 0.397. The maximum Gasteiger partial charge on any atom is 0.186 e. The van der Waals surface area contributed by atoms with Crippen LogP contribution in [0.2, 0.25) is 0 Å². The Morgan fingerprint density at radius 1 is 1.39 bits per heavy atom. The smallest absolute Gasteiger partial charge is 0.186 e. The number of anilines is 1. The van der Waals surface area contributed by atoms with Gasteiger partial charge < -0.3 is 10.2 Å². The lowest BCUT2D eigenvalue weighted by molar-refractivity contribution is 0.390. The van der Waals surface area contributed by atoms with Crippen LogP contribution in [0.15, 0.2) is 0 Å². The van der Waals surface area contributed by atoms with Crippen LogP contribution in [0.3, 0.4) is 0 Å². The first-order valence-electron chi connectivity index (χ1n) is 6.94. The van der Waals surface area contributed by atoms with Crippen LogP contribution in [-0.2, 0) is 0 Å². The van der Waals surface area contributed by atoms with E-state index in [2.05, 4.69) is 37.9 Å². The number of rotatable bonds is 3. The zero-order valence-electron chi connectivity index (χ0n) is 12.2. The SMILES string of the molecule is CNC(C)c1sc(N2CC(C)CCC2C)nc1C. The van der Waals surface area contributed by atoms with Crippen LogP contribution in [-0.4, -0.2) is 24.6 Å². The zero-order valence-corrected chi connectivity index (χ0v) is 13.0. The van der Waals surface area contributed by atoms with Crippen molar-refractivity contribution in [1.29, 1.82) is 0 Å². The van der Waals surface area contributed by atoms with Crippen molar-refractivity contribution in [3.05, 3.63) is 10.6 Å². The Balaban J connectivity index is 2.22. The molecular weight excluding hydrogens is 242 g/mol. The number of piperidine rings is 1. The maximum absolute atomic E-state index is 4.79. The summed E-state index contributed by atoms with van der Waals surface area (Å²) in [5.74, 6) is 0.788. The second kappa shape index (κ2) is 5.57. The quantitative estimate of drug-likeness (QED) is 0.910. The molecule has 18 heavy (non-hydrogen) atoms. The first kappa shape index (κ1) is 13.8. The van der Waals surface area contributed by atoms with E-state index in [0.29, 0.717) is 12.1 Å². The highest BCUT2D eigenvalue weighted by molar-refractivity contribution is 7.15. The van der Waals surface area contributed by atoms with Gasteiger partial charge in [0.1, 0.15) is 0 Å². The molecule has 0 spiro atoms. The second-order valence-corrected chi connectivity index (χ2v) is 6.65. The summed E-state index contributed by atoms with van der Waals surface area (Å²) >= 11 is 1.86. The van der Waals surface area contributed by atoms with E-state index in [1.165, 1.54) is 28.5 Å². The third-order valence-corrected chi connectivity index (χ3v) is 5.39. The van der Waals surface area contributed by atoms with Crippen LogP contribution in [0, 0.1) is 12.8 Å². The predicted molar refractivity (Wildman–Crippen MR) is 79.5 cm³/mol. The van der Waals surface area contributed by atoms with E-state index in [4.69, 9.17) is 4.98 Å². The van der Waals surface area contributed by atoms with E-state index in [1.807, 2.05) is 18.4 Å². The average molecular weight is 267 g/mol. The highest BCUT2D eigenvalue weighted by atomic mass is 32.1. The molecule has 0 aliphatic carbocycles. The van der Waals surface area contributed by atoms with Gasteiger partial charge in [0, 0.05) is 23.5 Å². The first-order valence-corrected chi connectivity index (χ1v) is 7.75. The zero-order chi connectivity index (χ0) is 13.3. The molecule has 1 N–H and O–H groups in total. The largest absolute Gasteiger partial charge is 0.345 e. The van der Waals surface area contributed by atoms with E-state index >= 15 is 0 Å². The second-order valence-electron chi connectivity index (χ2n) is 5.64. The summed E-state index contributed by atoms with van der Waals surface area (Å²) in [6.45, 7) is 10.1. The fourth-order valence-corrected chi connectivity index (χ4v) is 3.84. The Morgan fingerprint density at radius 2 is 2.11 bits per heavy atom. The molecule has 1 fully saturated rings. The summed E-state index contributed by atoms with van der Waals surface area (Å²) in [5.41, 5.74) is 1.18. The van der Waals surface area contributed by atoms with Crippen LogP contribution in [0.5, 0.6) is 0 Å². The lowest BCUT2D eigenvalue weighted by Gasteiger charge is -2.36. The molecule has 0 bridgehead atoms. The molecule has 0 radical (unpaired) electrons. The van der Waals surface area contributed by atoms with Gasteiger partial charge in [0.25, 0.3) is 0 Å². The summed E-state index contributed by atoms with van der Waals surface area (Å²) in [4.78, 5) is 8.66. The number of aryl methyl sites for hydroxylation is 1. The lowest BCUT2D eigenvalue weighted by Crippen LogP contribution is -2.41. The standard InChI is InChI=1S/C14H25N3S/c1-9-6-7-10(2)17(8-9)14-16-12(4)13(18-14)11(3)15-5/h9-11,15H,6-8H2,1-5H3.